The summed E-state index contributed by atoms with van der Waals surface area (Å²) in [5, 5.41) is 4.94. The average molecular weight is 758 g/mol. The maximum atomic E-state index is 7.24. The van der Waals surface area contributed by atoms with E-state index in [4.69, 9.17) is 5.73 Å². The van der Waals surface area contributed by atoms with E-state index < -0.39 is 0 Å². The van der Waals surface area contributed by atoms with Crippen LogP contribution in [0.15, 0.2) is 200 Å². The van der Waals surface area contributed by atoms with Crippen molar-refractivity contribution in [3.8, 4) is 27.9 Å². The number of rotatable bonds is 7. The van der Waals surface area contributed by atoms with Crippen LogP contribution in [0.4, 0.5) is 0 Å². The van der Waals surface area contributed by atoms with Crippen molar-refractivity contribution >= 4 is 55.4 Å². The van der Waals surface area contributed by atoms with Gasteiger partial charge in [0, 0.05) is 44.9 Å². The number of nitrogens with zero attached hydrogens (tertiary/aromatic N) is 2. The number of benzene rings is 8. The molecule has 0 amide bonds. The molecule has 11 rings (SSSR count). The third-order valence-corrected chi connectivity index (χ3v) is 12.6. The second kappa shape index (κ2) is 13.7. The number of para-hydroxylation sites is 3. The maximum Gasteiger partial charge on any atom is 0.0541 e. The van der Waals surface area contributed by atoms with Crippen molar-refractivity contribution < 1.29 is 0 Å². The van der Waals surface area contributed by atoms with Crippen molar-refractivity contribution in [3.05, 3.63) is 222 Å². The minimum atomic E-state index is -0.307. The molecule has 0 radical (unpaired) electrons. The lowest BCUT2D eigenvalue weighted by Gasteiger charge is -2.26. The molecule has 8 aromatic carbocycles. The van der Waals surface area contributed by atoms with Gasteiger partial charge in [-0.25, -0.2) is 0 Å². The van der Waals surface area contributed by atoms with Gasteiger partial charge >= 0.3 is 0 Å². The molecule has 3 nitrogen and oxygen atoms in total. The quantitative estimate of drug-likeness (QED) is 0.162. The van der Waals surface area contributed by atoms with Gasteiger partial charge in [-0.1, -0.05) is 159 Å². The Bertz CT molecular complexity index is 3300. The fraction of sp³-hybridized carbons (Fsp3) is 0.0714. The van der Waals surface area contributed by atoms with Gasteiger partial charge in [0.15, 0.2) is 0 Å². The highest BCUT2D eigenvalue weighted by molar-refractivity contribution is 6.13. The summed E-state index contributed by atoms with van der Waals surface area (Å²) in [5.41, 5.74) is 24.0. The first-order valence-corrected chi connectivity index (χ1v) is 20.5. The standard InChI is InChI=1S/C56H43N3/c1-56(2)49-25-12-9-20-42(49)45-23-15-24-46(55(45)56)50(57)36-40(37-16-5-3-6-17-37)32-33-58-51-26-13-10-21-43(51)47-34-38(28-30-52(47)58)39-29-31-54-48(35-39)44-22-11-14-27-53(44)59(54)41-18-7-4-8-19-41/h3-36,50H,57H2,1-2H3/b33-32+,40-36+. The van der Waals surface area contributed by atoms with Crippen LogP contribution < -0.4 is 5.73 Å². The number of allylic oxidation sites excluding steroid dienone is 2. The number of aromatic nitrogens is 2. The molecule has 10 aromatic rings. The van der Waals surface area contributed by atoms with Gasteiger partial charge in [-0.2, -0.15) is 0 Å². The highest BCUT2D eigenvalue weighted by atomic mass is 15.0. The zero-order chi connectivity index (χ0) is 39.7. The number of fused-ring (bicyclic) bond motifs is 9. The zero-order valence-corrected chi connectivity index (χ0v) is 33.2. The number of nitrogens with two attached hydrogens (primary N) is 1. The molecule has 1 aliphatic rings. The molecule has 2 N–H and O–H groups in total. The van der Waals surface area contributed by atoms with E-state index in [-0.39, 0.29) is 11.5 Å². The second-order valence-corrected chi connectivity index (χ2v) is 16.3. The summed E-state index contributed by atoms with van der Waals surface area (Å²) in [6.45, 7) is 4.65. The topological polar surface area (TPSA) is 35.9 Å². The van der Waals surface area contributed by atoms with Crippen LogP contribution >= 0.6 is 0 Å². The highest BCUT2D eigenvalue weighted by Crippen LogP contribution is 2.51. The van der Waals surface area contributed by atoms with Crippen molar-refractivity contribution in [2.75, 3.05) is 0 Å². The van der Waals surface area contributed by atoms with Crippen molar-refractivity contribution in [1.29, 1.82) is 0 Å². The Morgan fingerprint density at radius 3 is 1.85 bits per heavy atom. The third kappa shape index (κ3) is 5.61. The second-order valence-electron chi connectivity index (χ2n) is 16.3. The predicted octanol–water partition coefficient (Wildman–Crippen LogP) is 14.1. The number of hydrogen-bond donors (Lipinski definition) is 1. The Labute approximate surface area is 344 Å². The van der Waals surface area contributed by atoms with Gasteiger partial charge in [0.25, 0.3) is 0 Å². The molecular weight excluding hydrogens is 715 g/mol. The van der Waals surface area contributed by atoms with Crippen LogP contribution in [0.2, 0.25) is 0 Å². The summed E-state index contributed by atoms with van der Waals surface area (Å²) in [7, 11) is 0. The predicted molar refractivity (Wildman–Crippen MR) is 250 cm³/mol. The van der Waals surface area contributed by atoms with Crippen molar-refractivity contribution in [1.82, 2.24) is 9.13 Å². The molecule has 3 heteroatoms. The van der Waals surface area contributed by atoms with Gasteiger partial charge in [0.1, 0.15) is 0 Å². The van der Waals surface area contributed by atoms with Crippen LogP contribution in [-0.2, 0) is 5.41 Å². The van der Waals surface area contributed by atoms with Gasteiger partial charge in [0.05, 0.1) is 22.1 Å². The summed E-state index contributed by atoms with van der Waals surface area (Å²) in [5.74, 6) is 0. The fourth-order valence-electron chi connectivity index (χ4n) is 9.84. The minimum Gasteiger partial charge on any atom is -0.321 e. The largest absolute Gasteiger partial charge is 0.321 e. The van der Waals surface area contributed by atoms with E-state index in [0.29, 0.717) is 0 Å². The Morgan fingerprint density at radius 1 is 0.525 bits per heavy atom. The van der Waals surface area contributed by atoms with Crippen LogP contribution in [0.25, 0.3) is 83.3 Å². The fourth-order valence-corrected chi connectivity index (χ4v) is 9.84. The Hall–Kier alpha value is -7.20. The summed E-state index contributed by atoms with van der Waals surface area (Å²) in [6.07, 6.45) is 6.68. The lowest BCUT2D eigenvalue weighted by molar-refractivity contribution is 0.645. The molecule has 0 saturated carbocycles. The lowest BCUT2D eigenvalue weighted by Crippen LogP contribution is -2.20. The summed E-state index contributed by atoms with van der Waals surface area (Å²) < 4.78 is 4.70. The summed E-state index contributed by atoms with van der Waals surface area (Å²) in [4.78, 5) is 0. The molecule has 1 aliphatic carbocycles. The van der Waals surface area contributed by atoms with E-state index >= 15 is 0 Å². The highest BCUT2D eigenvalue weighted by Gasteiger charge is 2.37. The van der Waals surface area contributed by atoms with E-state index in [1.54, 1.807) is 0 Å². The molecule has 0 spiro atoms. The zero-order valence-electron chi connectivity index (χ0n) is 33.2. The van der Waals surface area contributed by atoms with Gasteiger partial charge in [-0.05, 0) is 105 Å². The van der Waals surface area contributed by atoms with Crippen LogP contribution in [0.1, 0.15) is 42.1 Å². The van der Waals surface area contributed by atoms with Crippen LogP contribution in [-0.4, -0.2) is 9.13 Å². The van der Waals surface area contributed by atoms with Crippen molar-refractivity contribution in [2.24, 2.45) is 5.73 Å². The maximum absolute atomic E-state index is 7.24. The van der Waals surface area contributed by atoms with Crippen LogP contribution in [0.5, 0.6) is 0 Å². The molecule has 0 bridgehead atoms. The van der Waals surface area contributed by atoms with E-state index in [0.717, 1.165) is 27.7 Å². The Balaban J connectivity index is 1.01. The lowest BCUT2D eigenvalue weighted by atomic mass is 9.78. The van der Waals surface area contributed by atoms with Gasteiger partial charge in [-0.3, -0.25) is 0 Å². The van der Waals surface area contributed by atoms with Crippen LogP contribution in [0.3, 0.4) is 0 Å². The summed E-state index contributed by atoms with van der Waals surface area (Å²) in [6, 6.07) is 67.6. The molecule has 0 aliphatic heterocycles. The van der Waals surface area contributed by atoms with Gasteiger partial charge < -0.3 is 14.9 Å². The van der Waals surface area contributed by atoms with E-state index in [1.807, 2.05) is 0 Å². The molecule has 1 unspecified atom stereocenters. The molecule has 59 heavy (non-hydrogen) atoms. The average Bonchev–Trinajstić information content (AvgIpc) is 3.88. The molecule has 2 aromatic heterocycles. The van der Waals surface area contributed by atoms with E-state index in [1.165, 1.54) is 71.6 Å². The number of hydrogen-bond acceptors (Lipinski definition) is 1. The van der Waals surface area contributed by atoms with Gasteiger partial charge in [0.2, 0.25) is 0 Å². The monoisotopic (exact) mass is 757 g/mol. The van der Waals surface area contributed by atoms with Crippen molar-refractivity contribution in [3.63, 3.8) is 0 Å². The summed E-state index contributed by atoms with van der Waals surface area (Å²) >= 11 is 0. The normalized spacial score (nSPS) is 14.1. The minimum absolute atomic E-state index is 0.147. The molecule has 282 valence electrons. The molecule has 1 atom stereocenters. The van der Waals surface area contributed by atoms with E-state index in [2.05, 4.69) is 229 Å². The molecule has 2 heterocycles. The first-order valence-electron chi connectivity index (χ1n) is 20.5. The SMILES string of the molecule is CC1(C)c2ccccc2-c2cccc(C(N)/C=C(\C=C\n3c4ccccc4c4cc(-c5ccc6c(c5)c5ccccc5n6-c5ccccc5)ccc43)c3ccccc3)c21. The van der Waals surface area contributed by atoms with Gasteiger partial charge in [-0.15, -0.1) is 0 Å². The Kier molecular flexibility index (Phi) is 8.14. The first-order chi connectivity index (χ1) is 29.0. The molecular formula is C56H43N3. The Morgan fingerprint density at radius 2 is 1.08 bits per heavy atom. The third-order valence-electron chi connectivity index (χ3n) is 12.6. The molecule has 0 fully saturated rings. The smallest absolute Gasteiger partial charge is 0.0541 e. The van der Waals surface area contributed by atoms with Crippen molar-refractivity contribution in [2.45, 2.75) is 25.3 Å². The molecule has 0 saturated heterocycles. The van der Waals surface area contributed by atoms with Crippen LogP contribution in [0, 0.1) is 0 Å². The van der Waals surface area contributed by atoms with E-state index in [9.17, 15) is 0 Å². The first kappa shape index (κ1) is 35.0.